The number of hydrogen-bond acceptors (Lipinski definition) is 5. The molecule has 1 amide bonds. The van der Waals surface area contributed by atoms with Crippen molar-refractivity contribution in [3.8, 4) is 28.5 Å². The number of H-pyrrole nitrogens is 1. The lowest BCUT2D eigenvalue weighted by atomic mass is 9.96. The van der Waals surface area contributed by atoms with Gasteiger partial charge in [0.25, 0.3) is 5.91 Å². The fourth-order valence-corrected chi connectivity index (χ4v) is 3.60. The molecule has 1 aliphatic heterocycles. The number of methoxy groups -OCH3 is 1. The van der Waals surface area contributed by atoms with Crippen LogP contribution in [0.25, 0.3) is 11.3 Å². The van der Waals surface area contributed by atoms with E-state index in [1.54, 1.807) is 37.3 Å². The van der Waals surface area contributed by atoms with E-state index in [1.807, 2.05) is 31.2 Å². The summed E-state index contributed by atoms with van der Waals surface area (Å²) in [6, 6.07) is 12.4. The summed E-state index contributed by atoms with van der Waals surface area (Å²) < 4.78 is 10.7. The molecule has 7 heteroatoms. The minimum Gasteiger partial charge on any atom is -0.504 e. The molecule has 3 aromatic rings. The minimum absolute atomic E-state index is 0.0698. The smallest absolute Gasteiger partial charge is 0.272 e. The van der Waals surface area contributed by atoms with Crippen LogP contribution in [0.2, 0.25) is 0 Å². The lowest BCUT2D eigenvalue weighted by Gasteiger charge is -2.22. The first kappa shape index (κ1) is 17.9. The van der Waals surface area contributed by atoms with Crippen LogP contribution >= 0.6 is 0 Å². The number of aromatic hydroxyl groups is 1. The molecule has 1 aromatic heterocycles. The summed E-state index contributed by atoms with van der Waals surface area (Å²) in [6.45, 7) is 2.29. The van der Waals surface area contributed by atoms with E-state index in [0.29, 0.717) is 23.7 Å². The first-order valence-corrected chi connectivity index (χ1v) is 9.00. The summed E-state index contributed by atoms with van der Waals surface area (Å²) in [4.78, 5) is 14.4. The topological polar surface area (TPSA) is 87.7 Å². The van der Waals surface area contributed by atoms with Crippen LogP contribution in [-0.4, -0.2) is 46.9 Å². The molecule has 0 aliphatic carbocycles. The molecule has 0 saturated carbocycles. The Balaban J connectivity index is 1.83. The number of carbonyl (C=O) groups excluding carboxylic acids is 1. The number of amides is 1. The molecule has 1 unspecified atom stereocenters. The molecular weight excluding hydrogens is 358 g/mol. The number of nitrogens with one attached hydrogen (secondary N) is 1. The SMILES string of the molecule is CCOc1cc(C2c3c(-c4ccc(OC)cc4)n[nH]c3C(=O)N2C)ccc1O. The maximum absolute atomic E-state index is 12.8. The lowest BCUT2D eigenvalue weighted by molar-refractivity contribution is 0.0787. The molecule has 2 heterocycles. The van der Waals surface area contributed by atoms with Gasteiger partial charge in [0.15, 0.2) is 11.5 Å². The second kappa shape index (κ2) is 6.92. The number of carbonyl (C=O) groups is 1. The average molecular weight is 379 g/mol. The number of aromatic amines is 1. The van der Waals surface area contributed by atoms with Crippen LogP contribution in [0.4, 0.5) is 0 Å². The summed E-state index contributed by atoms with van der Waals surface area (Å²) in [5, 5.41) is 17.3. The van der Waals surface area contributed by atoms with Crippen molar-refractivity contribution in [2.24, 2.45) is 0 Å². The number of phenols is 1. The van der Waals surface area contributed by atoms with Crippen LogP contribution in [0.1, 0.15) is 34.6 Å². The van der Waals surface area contributed by atoms with Crippen molar-refractivity contribution in [2.75, 3.05) is 20.8 Å². The fraction of sp³-hybridized carbons (Fsp3) is 0.238. The Hall–Kier alpha value is -3.48. The molecule has 0 fully saturated rings. The van der Waals surface area contributed by atoms with E-state index in [9.17, 15) is 9.90 Å². The molecule has 2 N–H and O–H groups in total. The Morgan fingerprint density at radius 3 is 2.64 bits per heavy atom. The third-order valence-corrected chi connectivity index (χ3v) is 4.96. The monoisotopic (exact) mass is 379 g/mol. The van der Waals surface area contributed by atoms with Gasteiger partial charge in [-0.1, -0.05) is 6.07 Å². The molecule has 0 radical (unpaired) electrons. The Morgan fingerprint density at radius 1 is 1.21 bits per heavy atom. The summed E-state index contributed by atoms with van der Waals surface area (Å²) in [7, 11) is 3.37. The summed E-state index contributed by atoms with van der Waals surface area (Å²) in [5.41, 5.74) is 3.73. The number of nitrogens with zero attached hydrogens (tertiary/aromatic N) is 2. The molecule has 2 aromatic carbocycles. The van der Waals surface area contributed by atoms with Gasteiger partial charge in [-0.25, -0.2) is 0 Å². The van der Waals surface area contributed by atoms with E-state index in [4.69, 9.17) is 9.47 Å². The quantitative estimate of drug-likeness (QED) is 0.710. The van der Waals surface area contributed by atoms with Gasteiger partial charge in [-0.3, -0.25) is 9.89 Å². The number of benzene rings is 2. The fourth-order valence-electron chi connectivity index (χ4n) is 3.60. The number of rotatable bonds is 5. The maximum atomic E-state index is 12.8. The molecule has 0 bridgehead atoms. The van der Waals surface area contributed by atoms with Crippen LogP contribution in [0.3, 0.4) is 0 Å². The zero-order chi connectivity index (χ0) is 19.8. The number of fused-ring (bicyclic) bond motifs is 1. The van der Waals surface area contributed by atoms with Gasteiger partial charge in [-0.15, -0.1) is 0 Å². The van der Waals surface area contributed by atoms with Crippen molar-refractivity contribution >= 4 is 5.91 Å². The number of aromatic nitrogens is 2. The Morgan fingerprint density at radius 2 is 1.96 bits per heavy atom. The zero-order valence-corrected chi connectivity index (χ0v) is 15.9. The van der Waals surface area contributed by atoms with Crippen molar-refractivity contribution < 1.29 is 19.4 Å². The van der Waals surface area contributed by atoms with Gasteiger partial charge < -0.3 is 19.5 Å². The molecule has 7 nitrogen and oxygen atoms in total. The van der Waals surface area contributed by atoms with Gasteiger partial charge in [-0.2, -0.15) is 5.10 Å². The molecule has 144 valence electrons. The van der Waals surface area contributed by atoms with E-state index >= 15 is 0 Å². The average Bonchev–Trinajstić information content (AvgIpc) is 3.24. The van der Waals surface area contributed by atoms with E-state index in [2.05, 4.69) is 10.2 Å². The van der Waals surface area contributed by atoms with Crippen molar-refractivity contribution in [1.82, 2.24) is 15.1 Å². The number of phenolic OH excluding ortho intramolecular Hbond substituents is 1. The van der Waals surface area contributed by atoms with Crippen molar-refractivity contribution in [3.05, 3.63) is 59.3 Å². The highest BCUT2D eigenvalue weighted by Crippen LogP contribution is 2.43. The summed E-state index contributed by atoms with van der Waals surface area (Å²) >= 11 is 0. The molecule has 0 spiro atoms. The van der Waals surface area contributed by atoms with Crippen LogP contribution in [0.15, 0.2) is 42.5 Å². The first-order valence-electron chi connectivity index (χ1n) is 9.00. The van der Waals surface area contributed by atoms with E-state index in [0.717, 1.165) is 22.4 Å². The highest BCUT2D eigenvalue weighted by molar-refractivity contribution is 6.00. The summed E-state index contributed by atoms with van der Waals surface area (Å²) in [5.74, 6) is 1.09. The van der Waals surface area contributed by atoms with E-state index < -0.39 is 0 Å². The van der Waals surface area contributed by atoms with Gasteiger partial charge in [0.1, 0.15) is 11.4 Å². The van der Waals surface area contributed by atoms with Gasteiger partial charge in [0.2, 0.25) is 0 Å². The normalized spacial score (nSPS) is 15.6. The lowest BCUT2D eigenvalue weighted by Crippen LogP contribution is -2.24. The van der Waals surface area contributed by atoms with Crippen LogP contribution in [0.5, 0.6) is 17.2 Å². The molecule has 1 aliphatic rings. The second-order valence-electron chi connectivity index (χ2n) is 6.57. The standard InChI is InChI=1S/C21H21N3O4/c1-4-28-16-11-13(7-10-15(16)25)20-17-18(12-5-8-14(27-3)9-6-12)22-23-19(17)21(26)24(20)2/h5-11,20,25H,4H2,1-3H3,(H,22,23). The highest BCUT2D eigenvalue weighted by atomic mass is 16.5. The molecule has 4 rings (SSSR count). The third kappa shape index (κ3) is 2.76. The maximum Gasteiger partial charge on any atom is 0.272 e. The highest BCUT2D eigenvalue weighted by Gasteiger charge is 2.40. The Kier molecular flexibility index (Phi) is 4.43. The molecule has 1 atom stereocenters. The largest absolute Gasteiger partial charge is 0.504 e. The number of hydrogen-bond donors (Lipinski definition) is 2. The Labute approximate surface area is 162 Å². The second-order valence-corrected chi connectivity index (χ2v) is 6.57. The van der Waals surface area contributed by atoms with Crippen LogP contribution < -0.4 is 9.47 Å². The number of ether oxygens (including phenoxy) is 2. The van der Waals surface area contributed by atoms with Gasteiger partial charge in [-0.05, 0) is 48.9 Å². The van der Waals surface area contributed by atoms with Gasteiger partial charge in [0, 0.05) is 18.2 Å². The van der Waals surface area contributed by atoms with Crippen LogP contribution in [0, 0.1) is 0 Å². The van der Waals surface area contributed by atoms with E-state index in [-0.39, 0.29) is 17.7 Å². The van der Waals surface area contributed by atoms with Crippen LogP contribution in [-0.2, 0) is 0 Å². The predicted octanol–water partition coefficient (Wildman–Crippen LogP) is 3.36. The van der Waals surface area contributed by atoms with Crippen molar-refractivity contribution in [1.29, 1.82) is 0 Å². The van der Waals surface area contributed by atoms with Gasteiger partial charge in [0.05, 0.1) is 25.5 Å². The third-order valence-electron chi connectivity index (χ3n) is 4.96. The molecular formula is C21H21N3O4. The molecule has 28 heavy (non-hydrogen) atoms. The van der Waals surface area contributed by atoms with Crippen molar-refractivity contribution in [2.45, 2.75) is 13.0 Å². The Bertz CT molecular complexity index is 1030. The zero-order valence-electron chi connectivity index (χ0n) is 15.9. The minimum atomic E-state index is -0.335. The van der Waals surface area contributed by atoms with Gasteiger partial charge >= 0.3 is 0 Å². The molecule has 0 saturated heterocycles. The van der Waals surface area contributed by atoms with E-state index in [1.165, 1.54) is 0 Å². The first-order chi connectivity index (χ1) is 13.5. The van der Waals surface area contributed by atoms with Crippen molar-refractivity contribution in [3.63, 3.8) is 0 Å². The predicted molar refractivity (Wildman–Crippen MR) is 104 cm³/mol. The summed E-state index contributed by atoms with van der Waals surface area (Å²) in [6.07, 6.45) is 0.